The van der Waals surface area contributed by atoms with E-state index in [1.807, 2.05) is 0 Å². The molecule has 0 saturated carbocycles. The van der Waals surface area contributed by atoms with E-state index in [2.05, 4.69) is 25.5 Å². The van der Waals surface area contributed by atoms with Crippen LogP contribution in [0, 0.1) is 0 Å². The Bertz CT molecular complexity index is 1570. The maximum Gasteiger partial charge on any atom is 0.328 e. The highest BCUT2D eigenvalue weighted by atomic mass is 35.5. The van der Waals surface area contributed by atoms with Crippen LogP contribution in [0.4, 0.5) is 17.3 Å². The molecule has 0 fully saturated rings. The minimum atomic E-state index is -1.02. The lowest BCUT2D eigenvalue weighted by atomic mass is 10.00. The predicted molar refractivity (Wildman–Crippen MR) is 174 cm³/mol. The number of anilines is 1. The van der Waals surface area contributed by atoms with E-state index in [0.717, 1.165) is 5.56 Å². The summed E-state index contributed by atoms with van der Waals surface area (Å²) in [7, 11) is 1.39. The number of ether oxygens (including phenoxy) is 3. The number of halogens is 1. The summed E-state index contributed by atoms with van der Waals surface area (Å²) in [6, 6.07) is 11.4. The number of aryl methyl sites for hydroxylation is 1. The van der Waals surface area contributed by atoms with E-state index in [0.29, 0.717) is 22.7 Å². The smallest absolute Gasteiger partial charge is 0.328 e. The predicted octanol–water partition coefficient (Wildman–Crippen LogP) is 4.73. The van der Waals surface area contributed by atoms with E-state index < -0.39 is 29.9 Å². The van der Waals surface area contributed by atoms with Gasteiger partial charge in [0.15, 0.2) is 5.69 Å². The van der Waals surface area contributed by atoms with Gasteiger partial charge in [0.2, 0.25) is 11.8 Å². The lowest BCUT2D eigenvalue weighted by molar-refractivity contribution is -0.146. The fourth-order valence-electron chi connectivity index (χ4n) is 4.36. The largest absolute Gasteiger partial charge is 0.479 e. The third kappa shape index (κ3) is 11.4. The Labute approximate surface area is 277 Å². The highest BCUT2D eigenvalue weighted by Crippen LogP contribution is 2.35. The molecular weight excluding hydrogens is 630 g/mol. The SMILES string of the molecule is CCOC(=O)CC[C@H](NC(=O)c1ccc(CCC(=O)CC(N)c2nc(N)nc(OC)c2N=Nc2ccc(Cl)cc2)cc1)C(=O)OCC. The van der Waals surface area contributed by atoms with Crippen molar-refractivity contribution in [3.63, 3.8) is 0 Å². The molecule has 1 heterocycles. The van der Waals surface area contributed by atoms with Gasteiger partial charge in [0, 0.05) is 29.8 Å². The first kappa shape index (κ1) is 36.5. The van der Waals surface area contributed by atoms with E-state index >= 15 is 0 Å². The molecule has 1 unspecified atom stereocenters. The molecule has 0 spiro atoms. The summed E-state index contributed by atoms with van der Waals surface area (Å²) in [5.41, 5.74) is 14.2. The molecule has 1 aromatic heterocycles. The number of azo groups is 1. The van der Waals surface area contributed by atoms with Crippen molar-refractivity contribution in [1.29, 1.82) is 0 Å². The van der Waals surface area contributed by atoms with E-state index in [4.69, 9.17) is 37.3 Å². The number of carbonyl (C=O) groups is 4. The number of hydrogen-bond donors (Lipinski definition) is 3. The number of Topliss-reactive ketones (excluding diaryl/α,β-unsaturated/α-hetero) is 1. The molecule has 0 aliphatic rings. The first-order valence-corrected chi connectivity index (χ1v) is 15.3. The Hall–Kier alpha value is -4.95. The van der Waals surface area contributed by atoms with E-state index in [9.17, 15) is 19.2 Å². The van der Waals surface area contributed by atoms with Crippen molar-refractivity contribution in [2.45, 2.75) is 58.0 Å². The van der Waals surface area contributed by atoms with Crippen molar-refractivity contribution in [2.24, 2.45) is 16.0 Å². The number of nitrogens with two attached hydrogens (primary N) is 2. The van der Waals surface area contributed by atoms with Crippen molar-refractivity contribution in [1.82, 2.24) is 15.3 Å². The molecule has 3 aromatic rings. The number of carbonyl (C=O) groups excluding carboxylic acids is 4. The van der Waals surface area contributed by atoms with E-state index in [1.54, 1.807) is 62.4 Å². The van der Waals surface area contributed by atoms with Crippen LogP contribution < -0.4 is 21.5 Å². The Kier molecular flexibility index (Phi) is 14.2. The van der Waals surface area contributed by atoms with Crippen molar-refractivity contribution in [3.8, 4) is 5.88 Å². The Morgan fingerprint density at radius 1 is 0.936 bits per heavy atom. The van der Waals surface area contributed by atoms with Gasteiger partial charge >= 0.3 is 11.9 Å². The first-order valence-electron chi connectivity index (χ1n) is 14.9. The van der Waals surface area contributed by atoms with Gasteiger partial charge in [-0.1, -0.05) is 23.7 Å². The van der Waals surface area contributed by atoms with Gasteiger partial charge in [0.25, 0.3) is 5.91 Å². The van der Waals surface area contributed by atoms with Gasteiger partial charge in [-0.25, -0.2) is 9.78 Å². The molecular formula is C32H38ClN7O7. The van der Waals surface area contributed by atoms with Crippen LogP contribution in [0.3, 0.4) is 0 Å². The van der Waals surface area contributed by atoms with Gasteiger partial charge < -0.3 is 31.0 Å². The molecule has 1 amide bonds. The maximum absolute atomic E-state index is 12.9. The van der Waals surface area contributed by atoms with Crippen molar-refractivity contribution in [3.05, 3.63) is 70.4 Å². The number of ketones is 1. The number of amides is 1. The van der Waals surface area contributed by atoms with Crippen LogP contribution in [0.1, 0.15) is 67.2 Å². The summed E-state index contributed by atoms with van der Waals surface area (Å²) in [4.78, 5) is 58.2. The lowest BCUT2D eigenvalue weighted by Gasteiger charge is -2.17. The van der Waals surface area contributed by atoms with Gasteiger partial charge in [-0.05, 0) is 68.7 Å². The van der Waals surface area contributed by atoms with Crippen molar-refractivity contribution >= 4 is 52.6 Å². The molecule has 0 radical (unpaired) electrons. The second-order valence-electron chi connectivity index (χ2n) is 10.2. The summed E-state index contributed by atoms with van der Waals surface area (Å²) >= 11 is 5.94. The highest BCUT2D eigenvalue weighted by Gasteiger charge is 2.25. The zero-order valence-corrected chi connectivity index (χ0v) is 27.2. The van der Waals surface area contributed by atoms with Gasteiger partial charge in [-0.15, -0.1) is 5.11 Å². The van der Waals surface area contributed by atoms with Gasteiger partial charge in [-0.3, -0.25) is 14.4 Å². The fourth-order valence-corrected chi connectivity index (χ4v) is 4.48. The second-order valence-corrected chi connectivity index (χ2v) is 10.6. The van der Waals surface area contributed by atoms with Crippen molar-refractivity contribution in [2.75, 3.05) is 26.1 Å². The number of esters is 2. The molecule has 2 atom stereocenters. The average molecular weight is 668 g/mol. The number of methoxy groups -OCH3 is 1. The summed E-state index contributed by atoms with van der Waals surface area (Å²) in [6.45, 7) is 3.67. The molecule has 2 aromatic carbocycles. The Morgan fingerprint density at radius 2 is 1.62 bits per heavy atom. The van der Waals surface area contributed by atoms with Crippen molar-refractivity contribution < 1.29 is 33.4 Å². The van der Waals surface area contributed by atoms with E-state index in [1.165, 1.54) is 7.11 Å². The van der Waals surface area contributed by atoms with Crippen LogP contribution in [0.2, 0.25) is 5.02 Å². The third-order valence-corrected chi connectivity index (χ3v) is 6.96. The molecule has 5 N–H and O–H groups in total. The highest BCUT2D eigenvalue weighted by molar-refractivity contribution is 6.30. The van der Waals surface area contributed by atoms with Gasteiger partial charge in [-0.2, -0.15) is 10.1 Å². The number of nitrogens with zero attached hydrogens (tertiary/aromatic N) is 4. The molecule has 3 rings (SSSR count). The minimum absolute atomic E-state index is 0.0346. The molecule has 0 saturated heterocycles. The summed E-state index contributed by atoms with van der Waals surface area (Å²) < 4.78 is 15.3. The standard InChI is InChI=1S/C32H38ClN7O7/c1-4-46-26(42)17-16-25(31(44)47-5-2)36-29(43)20-9-6-19(7-10-20)8-15-23(41)18-24(34)27-28(30(45-3)38-32(35)37-27)40-39-22-13-11-21(33)12-14-22/h6-7,9-14,24-25H,4-5,8,15-18,34H2,1-3H3,(H,36,43)(H2,35,37,38)/t24?,25-/m0/s1. The minimum Gasteiger partial charge on any atom is -0.479 e. The molecule has 0 aliphatic heterocycles. The number of nitrogen functional groups attached to an aromatic ring is 1. The Balaban J connectivity index is 1.62. The van der Waals surface area contributed by atoms with Gasteiger partial charge in [0.05, 0.1) is 37.7 Å². The quantitative estimate of drug-likeness (QED) is 0.132. The number of rotatable bonds is 17. The molecule has 47 heavy (non-hydrogen) atoms. The number of benzene rings is 2. The Morgan fingerprint density at radius 3 is 2.26 bits per heavy atom. The molecule has 14 nitrogen and oxygen atoms in total. The topological polar surface area (TPSA) is 211 Å². The van der Waals surface area contributed by atoms with Crippen LogP contribution in [0.25, 0.3) is 0 Å². The van der Waals surface area contributed by atoms with Crippen LogP contribution in [-0.2, 0) is 30.3 Å². The fraction of sp³-hybridized carbons (Fsp3) is 0.375. The van der Waals surface area contributed by atoms with Crippen LogP contribution in [-0.4, -0.2) is 60.0 Å². The molecule has 15 heteroatoms. The zero-order valence-electron chi connectivity index (χ0n) is 26.4. The number of hydrogen-bond acceptors (Lipinski definition) is 13. The molecule has 0 bridgehead atoms. The molecule has 0 aliphatic carbocycles. The second kappa shape index (κ2) is 18.3. The first-order chi connectivity index (χ1) is 22.5. The maximum atomic E-state index is 12.9. The zero-order chi connectivity index (χ0) is 34.3. The third-order valence-electron chi connectivity index (χ3n) is 6.71. The van der Waals surface area contributed by atoms with Gasteiger partial charge in [0.1, 0.15) is 11.8 Å². The molecule has 250 valence electrons. The monoisotopic (exact) mass is 667 g/mol. The normalized spacial score (nSPS) is 12.3. The summed E-state index contributed by atoms with van der Waals surface area (Å²) in [5.74, 6) is -1.80. The average Bonchev–Trinajstić information content (AvgIpc) is 3.05. The van der Waals surface area contributed by atoms with E-state index in [-0.39, 0.29) is 67.9 Å². The number of nitrogens with one attached hydrogen (secondary N) is 1. The number of aromatic nitrogens is 2. The van der Waals surface area contributed by atoms with Crippen LogP contribution in [0.5, 0.6) is 5.88 Å². The van der Waals surface area contributed by atoms with Crippen LogP contribution >= 0.6 is 11.6 Å². The van der Waals surface area contributed by atoms with Crippen LogP contribution in [0.15, 0.2) is 58.8 Å². The lowest BCUT2D eigenvalue weighted by Crippen LogP contribution is -2.42. The summed E-state index contributed by atoms with van der Waals surface area (Å²) in [6.07, 6.45) is 0.465. The summed E-state index contributed by atoms with van der Waals surface area (Å²) in [5, 5.41) is 11.6.